The molecule has 1 heterocycles. The minimum atomic E-state index is -0.389. The first-order chi connectivity index (χ1) is 16.0. The van der Waals surface area contributed by atoms with Gasteiger partial charge in [0.2, 0.25) is 0 Å². The Balaban J connectivity index is 1.48. The summed E-state index contributed by atoms with van der Waals surface area (Å²) in [5, 5.41) is 2.86. The lowest BCUT2D eigenvalue weighted by molar-refractivity contribution is -0.130. The quantitative estimate of drug-likeness (QED) is 0.652. The predicted molar refractivity (Wildman–Crippen MR) is 126 cm³/mol. The van der Waals surface area contributed by atoms with Crippen LogP contribution in [0, 0.1) is 17.7 Å². The molecule has 176 valence electrons. The highest BCUT2D eigenvalue weighted by Crippen LogP contribution is 2.37. The largest absolute Gasteiger partial charge is 0.493 e. The van der Waals surface area contributed by atoms with Crippen molar-refractivity contribution in [1.29, 1.82) is 0 Å². The van der Waals surface area contributed by atoms with Crippen molar-refractivity contribution in [3.63, 3.8) is 0 Å². The van der Waals surface area contributed by atoms with Gasteiger partial charge < -0.3 is 15.0 Å². The molecule has 0 bridgehead atoms. The highest BCUT2D eigenvalue weighted by atomic mass is 19.1. The van der Waals surface area contributed by atoms with Gasteiger partial charge in [0.1, 0.15) is 11.6 Å². The van der Waals surface area contributed by atoms with E-state index in [0.717, 1.165) is 31.8 Å². The minimum Gasteiger partial charge on any atom is -0.493 e. The van der Waals surface area contributed by atoms with Gasteiger partial charge in [-0.3, -0.25) is 9.59 Å². The summed E-state index contributed by atoms with van der Waals surface area (Å²) in [7, 11) is 0. The van der Waals surface area contributed by atoms with Crippen molar-refractivity contribution in [2.75, 3.05) is 19.7 Å². The van der Waals surface area contributed by atoms with Crippen LogP contribution in [-0.2, 0) is 9.53 Å². The zero-order valence-electron chi connectivity index (χ0n) is 19.3. The van der Waals surface area contributed by atoms with Crippen LogP contribution in [0.1, 0.15) is 62.2 Å². The second-order valence-corrected chi connectivity index (χ2v) is 9.18. The third-order valence-electron chi connectivity index (χ3n) is 6.85. The summed E-state index contributed by atoms with van der Waals surface area (Å²) in [6, 6.07) is 5.41. The number of amides is 2. The molecular formula is C27H33FN2O3. The van der Waals surface area contributed by atoms with Crippen LogP contribution in [0.4, 0.5) is 4.39 Å². The first-order valence-electron chi connectivity index (χ1n) is 12.2. The topological polar surface area (TPSA) is 58.6 Å². The second-order valence-electron chi connectivity index (χ2n) is 9.18. The van der Waals surface area contributed by atoms with E-state index in [1.165, 1.54) is 49.9 Å². The molecule has 2 atom stereocenters. The molecule has 0 spiro atoms. The van der Waals surface area contributed by atoms with Crippen molar-refractivity contribution in [2.45, 2.75) is 51.9 Å². The molecule has 0 radical (unpaired) electrons. The van der Waals surface area contributed by atoms with Crippen LogP contribution in [0.3, 0.4) is 0 Å². The Hall–Kier alpha value is -2.89. The number of hydrogen-bond acceptors (Lipinski definition) is 3. The van der Waals surface area contributed by atoms with Gasteiger partial charge in [-0.25, -0.2) is 4.39 Å². The van der Waals surface area contributed by atoms with E-state index < -0.39 is 0 Å². The number of hydrogen-bond donors (Lipinski definition) is 1. The lowest BCUT2D eigenvalue weighted by Gasteiger charge is -2.41. The average Bonchev–Trinajstić information content (AvgIpc) is 3.04. The Morgan fingerprint density at radius 1 is 1.09 bits per heavy atom. The molecule has 2 amide bonds. The number of fused-ring (bicyclic) bond motifs is 1. The lowest BCUT2D eigenvalue weighted by atomic mass is 9.75. The zero-order valence-corrected chi connectivity index (χ0v) is 19.3. The fraction of sp³-hybridized carbons (Fsp3) is 0.481. The standard InChI is InChI=1S/C27H33FN2O3/c1-2-16-33-25-17-23(29-26(31)20-10-12-22(28)13-11-20)8-5-9-24(25)27(32)30-15-14-19-6-3-4-7-21(19)18-30/h8-13,17,19,21H,2-7,14-16,18H2,1H3,(H,29,31). The van der Waals surface area contributed by atoms with Crippen LogP contribution < -0.4 is 5.32 Å². The maximum atomic E-state index is 13.5. The minimum absolute atomic E-state index is 0.0147. The van der Waals surface area contributed by atoms with Crippen molar-refractivity contribution in [2.24, 2.45) is 11.8 Å². The van der Waals surface area contributed by atoms with Gasteiger partial charge in [-0.1, -0.05) is 38.3 Å². The van der Waals surface area contributed by atoms with Crippen molar-refractivity contribution in [1.82, 2.24) is 10.2 Å². The molecule has 2 unspecified atom stereocenters. The number of carbonyl (C=O) groups is 2. The van der Waals surface area contributed by atoms with Crippen LogP contribution in [0.5, 0.6) is 0 Å². The normalized spacial score (nSPS) is 22.8. The maximum Gasteiger partial charge on any atom is 0.257 e. The van der Waals surface area contributed by atoms with Crippen molar-refractivity contribution < 1.29 is 18.7 Å². The highest BCUT2D eigenvalue weighted by Gasteiger charge is 2.34. The van der Waals surface area contributed by atoms with Gasteiger partial charge in [0, 0.05) is 30.4 Å². The van der Waals surface area contributed by atoms with Crippen LogP contribution in [0.15, 0.2) is 59.5 Å². The van der Waals surface area contributed by atoms with Gasteiger partial charge in [-0.15, -0.1) is 0 Å². The summed E-state index contributed by atoms with van der Waals surface area (Å²) < 4.78 is 19.2. The molecule has 1 aromatic carbocycles. The summed E-state index contributed by atoms with van der Waals surface area (Å²) >= 11 is 0. The monoisotopic (exact) mass is 452 g/mol. The van der Waals surface area contributed by atoms with Gasteiger partial charge in [-0.05, 0) is 61.8 Å². The van der Waals surface area contributed by atoms with E-state index >= 15 is 0 Å². The van der Waals surface area contributed by atoms with E-state index in [4.69, 9.17) is 4.74 Å². The molecule has 1 N–H and O–H groups in total. The van der Waals surface area contributed by atoms with Crippen molar-refractivity contribution in [3.05, 3.63) is 70.9 Å². The third-order valence-corrected chi connectivity index (χ3v) is 6.85. The highest BCUT2D eigenvalue weighted by molar-refractivity contribution is 5.98. The Morgan fingerprint density at radius 2 is 1.85 bits per heavy atom. The molecule has 0 aromatic heterocycles. The molecular weight excluding hydrogens is 419 g/mol. The van der Waals surface area contributed by atoms with Gasteiger partial charge >= 0.3 is 0 Å². The van der Waals surface area contributed by atoms with Crippen molar-refractivity contribution in [3.8, 4) is 0 Å². The molecule has 1 aromatic rings. The molecule has 4 rings (SSSR count). The molecule has 1 saturated carbocycles. The number of piperidine rings is 1. The van der Waals surface area contributed by atoms with Gasteiger partial charge in [0.25, 0.3) is 11.8 Å². The molecule has 1 aliphatic heterocycles. The van der Waals surface area contributed by atoms with Crippen LogP contribution >= 0.6 is 0 Å². The number of nitrogens with one attached hydrogen (secondary N) is 1. The van der Waals surface area contributed by atoms with E-state index in [1.807, 2.05) is 24.0 Å². The fourth-order valence-corrected chi connectivity index (χ4v) is 5.05. The van der Waals surface area contributed by atoms with Gasteiger partial charge in [0.15, 0.2) is 0 Å². The summed E-state index contributed by atoms with van der Waals surface area (Å²) in [6.07, 6.45) is 13.0. The average molecular weight is 453 g/mol. The Labute approximate surface area is 195 Å². The number of nitrogens with zero attached hydrogens (tertiary/aromatic N) is 1. The Bertz CT molecular complexity index is 964. The fourth-order valence-electron chi connectivity index (χ4n) is 5.05. The van der Waals surface area contributed by atoms with Gasteiger partial charge in [0.05, 0.1) is 12.2 Å². The molecule has 6 heteroatoms. The lowest BCUT2D eigenvalue weighted by Crippen LogP contribution is -2.45. The van der Waals surface area contributed by atoms with E-state index in [1.54, 1.807) is 6.08 Å². The number of benzene rings is 1. The number of allylic oxidation sites excluding steroid dienone is 3. The Kier molecular flexibility index (Phi) is 7.63. The van der Waals surface area contributed by atoms with Gasteiger partial charge in [-0.2, -0.15) is 0 Å². The van der Waals surface area contributed by atoms with Crippen molar-refractivity contribution >= 4 is 11.8 Å². The van der Waals surface area contributed by atoms with Crippen LogP contribution in [0.25, 0.3) is 0 Å². The van der Waals surface area contributed by atoms with Crippen LogP contribution in [-0.4, -0.2) is 36.4 Å². The predicted octanol–water partition coefficient (Wildman–Crippen LogP) is 5.12. The molecule has 2 fully saturated rings. The number of likely N-dealkylation sites (tertiary alicyclic amines) is 1. The van der Waals surface area contributed by atoms with E-state index in [2.05, 4.69) is 5.32 Å². The van der Waals surface area contributed by atoms with E-state index in [-0.39, 0.29) is 17.6 Å². The number of ether oxygens (including phenoxy) is 1. The number of rotatable bonds is 6. The SMILES string of the molecule is CCCOC1=CC(NC(=O)c2ccc(F)cc2)=CCC=C1C(=O)N1CCC2CCCCC2C1. The first kappa shape index (κ1) is 23.3. The summed E-state index contributed by atoms with van der Waals surface area (Å²) in [5.41, 5.74) is 1.51. The number of carbonyl (C=O) groups excluding carboxylic acids is 2. The first-order valence-corrected chi connectivity index (χ1v) is 12.2. The maximum absolute atomic E-state index is 13.5. The van der Waals surface area contributed by atoms with E-state index in [9.17, 15) is 14.0 Å². The molecule has 33 heavy (non-hydrogen) atoms. The zero-order chi connectivity index (χ0) is 23.2. The summed E-state index contributed by atoms with van der Waals surface area (Å²) in [4.78, 5) is 28.1. The Morgan fingerprint density at radius 3 is 2.61 bits per heavy atom. The molecule has 3 aliphatic rings. The summed E-state index contributed by atoms with van der Waals surface area (Å²) in [6.45, 7) is 4.12. The smallest absolute Gasteiger partial charge is 0.257 e. The number of halogens is 1. The second kappa shape index (κ2) is 10.8. The molecule has 5 nitrogen and oxygen atoms in total. The third kappa shape index (κ3) is 5.73. The summed E-state index contributed by atoms with van der Waals surface area (Å²) in [5.74, 6) is 1.15. The molecule has 1 saturated heterocycles. The van der Waals surface area contributed by atoms with E-state index in [0.29, 0.717) is 41.5 Å². The van der Waals surface area contributed by atoms with Crippen LogP contribution in [0.2, 0.25) is 0 Å². The molecule has 2 aliphatic carbocycles.